The standard InChI is InChI=1S/C18H13Cl2NO4/c1-2-24-11-4-5-12-13(9-17(22)25-16(12)8-11)18(23)21-10-3-6-14(19)15(20)7-10/h3-9H,2H2,1H3,(H,21,23). The van der Waals surface area contributed by atoms with E-state index >= 15 is 0 Å². The monoisotopic (exact) mass is 377 g/mol. The second-order valence-electron chi connectivity index (χ2n) is 5.15. The van der Waals surface area contributed by atoms with Gasteiger partial charge in [-0.1, -0.05) is 23.2 Å². The second-order valence-corrected chi connectivity index (χ2v) is 5.97. The van der Waals surface area contributed by atoms with Crippen LogP contribution in [0.4, 0.5) is 5.69 Å². The number of halogens is 2. The van der Waals surface area contributed by atoms with Crippen LogP contribution < -0.4 is 15.7 Å². The highest BCUT2D eigenvalue weighted by molar-refractivity contribution is 6.42. The third-order valence-corrected chi connectivity index (χ3v) is 4.19. The van der Waals surface area contributed by atoms with Crippen LogP contribution in [0.25, 0.3) is 11.0 Å². The quantitative estimate of drug-likeness (QED) is 0.666. The Labute approximate surface area is 153 Å². The number of hydrogen-bond acceptors (Lipinski definition) is 4. The summed E-state index contributed by atoms with van der Waals surface area (Å²) in [5.74, 6) is 0.0978. The molecule has 3 rings (SSSR count). The molecule has 1 heterocycles. The molecule has 0 radical (unpaired) electrons. The summed E-state index contributed by atoms with van der Waals surface area (Å²) >= 11 is 11.8. The van der Waals surface area contributed by atoms with Crippen molar-refractivity contribution < 1.29 is 13.9 Å². The van der Waals surface area contributed by atoms with Gasteiger partial charge in [-0.25, -0.2) is 4.79 Å². The third-order valence-electron chi connectivity index (χ3n) is 3.45. The molecule has 1 aromatic heterocycles. The molecule has 2 aromatic carbocycles. The summed E-state index contributed by atoms with van der Waals surface area (Å²) < 4.78 is 10.6. The summed E-state index contributed by atoms with van der Waals surface area (Å²) in [7, 11) is 0. The molecule has 5 nitrogen and oxygen atoms in total. The van der Waals surface area contributed by atoms with Gasteiger partial charge in [0.05, 0.1) is 22.2 Å². The fraction of sp³-hybridized carbons (Fsp3) is 0.111. The van der Waals surface area contributed by atoms with Crippen molar-refractivity contribution in [2.45, 2.75) is 6.92 Å². The van der Waals surface area contributed by atoms with Gasteiger partial charge in [0.2, 0.25) is 0 Å². The molecule has 3 aromatic rings. The van der Waals surface area contributed by atoms with E-state index in [1.807, 2.05) is 6.92 Å². The summed E-state index contributed by atoms with van der Waals surface area (Å²) in [6.45, 7) is 2.33. The van der Waals surface area contributed by atoms with E-state index < -0.39 is 11.5 Å². The van der Waals surface area contributed by atoms with E-state index in [-0.39, 0.29) is 11.1 Å². The fourth-order valence-corrected chi connectivity index (χ4v) is 2.66. The summed E-state index contributed by atoms with van der Waals surface area (Å²) in [5, 5.41) is 3.89. The molecule has 0 aliphatic heterocycles. The Morgan fingerprint density at radius 1 is 1.12 bits per heavy atom. The van der Waals surface area contributed by atoms with Crippen LogP contribution >= 0.6 is 23.2 Å². The van der Waals surface area contributed by atoms with Gasteiger partial charge in [-0.2, -0.15) is 0 Å². The maximum atomic E-state index is 12.6. The average Bonchev–Trinajstić information content (AvgIpc) is 2.57. The van der Waals surface area contributed by atoms with Crippen molar-refractivity contribution >= 4 is 45.8 Å². The van der Waals surface area contributed by atoms with Crippen molar-refractivity contribution in [3.05, 3.63) is 68.5 Å². The topological polar surface area (TPSA) is 68.5 Å². The minimum Gasteiger partial charge on any atom is -0.494 e. The molecule has 128 valence electrons. The number of ether oxygens (including phenoxy) is 1. The van der Waals surface area contributed by atoms with Crippen molar-refractivity contribution in [1.29, 1.82) is 0 Å². The Hall–Kier alpha value is -2.50. The van der Waals surface area contributed by atoms with Crippen molar-refractivity contribution in [3.63, 3.8) is 0 Å². The molecule has 0 aliphatic carbocycles. The number of nitrogens with one attached hydrogen (secondary N) is 1. The molecular formula is C18H13Cl2NO4. The molecule has 7 heteroatoms. The summed E-state index contributed by atoms with van der Waals surface area (Å²) in [6.07, 6.45) is 0. The number of benzene rings is 2. The maximum Gasteiger partial charge on any atom is 0.337 e. The molecular weight excluding hydrogens is 365 g/mol. The molecule has 0 bridgehead atoms. The second kappa shape index (κ2) is 7.17. The van der Waals surface area contributed by atoms with Crippen LogP contribution in [0.1, 0.15) is 17.3 Å². The SMILES string of the molecule is CCOc1ccc2c(C(=O)Nc3ccc(Cl)c(Cl)c3)cc(=O)oc2c1. The maximum absolute atomic E-state index is 12.6. The van der Waals surface area contributed by atoms with Crippen molar-refractivity contribution in [1.82, 2.24) is 0 Å². The Balaban J connectivity index is 2.00. The predicted molar refractivity (Wildman–Crippen MR) is 98.1 cm³/mol. The highest BCUT2D eigenvalue weighted by Gasteiger charge is 2.14. The van der Waals surface area contributed by atoms with E-state index in [2.05, 4.69) is 5.32 Å². The molecule has 0 fully saturated rings. The lowest BCUT2D eigenvalue weighted by Crippen LogP contribution is -2.15. The number of carbonyl (C=O) groups is 1. The average molecular weight is 378 g/mol. The van der Waals surface area contributed by atoms with Gasteiger partial charge >= 0.3 is 5.63 Å². The van der Waals surface area contributed by atoms with Crippen LogP contribution in [0.15, 0.2) is 51.7 Å². The molecule has 0 spiro atoms. The summed E-state index contributed by atoms with van der Waals surface area (Å²) in [5.41, 5.74) is 0.310. The fourth-order valence-electron chi connectivity index (χ4n) is 2.36. The first-order valence-electron chi connectivity index (χ1n) is 7.45. The molecule has 0 unspecified atom stereocenters. The van der Waals surface area contributed by atoms with Gasteiger partial charge in [-0.05, 0) is 37.3 Å². The lowest BCUT2D eigenvalue weighted by Gasteiger charge is -2.09. The number of hydrogen-bond donors (Lipinski definition) is 1. The van der Waals surface area contributed by atoms with E-state index in [9.17, 15) is 9.59 Å². The highest BCUT2D eigenvalue weighted by atomic mass is 35.5. The van der Waals surface area contributed by atoms with E-state index in [1.54, 1.807) is 30.3 Å². The normalized spacial score (nSPS) is 10.7. The zero-order valence-corrected chi connectivity index (χ0v) is 14.6. The Kier molecular flexibility index (Phi) is 4.97. The minimum absolute atomic E-state index is 0.195. The number of amides is 1. The van der Waals surface area contributed by atoms with E-state index in [1.165, 1.54) is 6.07 Å². The predicted octanol–water partition coefficient (Wildman–Crippen LogP) is 4.75. The molecule has 0 saturated heterocycles. The Bertz CT molecular complexity index is 1010. The van der Waals surface area contributed by atoms with E-state index in [0.29, 0.717) is 33.5 Å². The van der Waals surface area contributed by atoms with Crippen LogP contribution in [0.2, 0.25) is 10.0 Å². The van der Waals surface area contributed by atoms with Crippen LogP contribution in [0, 0.1) is 0 Å². The number of carbonyl (C=O) groups excluding carboxylic acids is 1. The van der Waals surface area contributed by atoms with Gasteiger partial charge in [-0.3, -0.25) is 4.79 Å². The highest BCUT2D eigenvalue weighted by Crippen LogP contribution is 2.27. The van der Waals surface area contributed by atoms with E-state index in [0.717, 1.165) is 6.07 Å². The van der Waals surface area contributed by atoms with Gasteiger partial charge in [0, 0.05) is 23.2 Å². The largest absolute Gasteiger partial charge is 0.494 e. The molecule has 0 aliphatic rings. The zero-order valence-electron chi connectivity index (χ0n) is 13.1. The smallest absolute Gasteiger partial charge is 0.337 e. The van der Waals surface area contributed by atoms with Gasteiger partial charge in [0.15, 0.2) is 0 Å². The van der Waals surface area contributed by atoms with Crippen LogP contribution in [0.3, 0.4) is 0 Å². The van der Waals surface area contributed by atoms with Gasteiger partial charge in [-0.15, -0.1) is 0 Å². The number of anilines is 1. The van der Waals surface area contributed by atoms with E-state index in [4.69, 9.17) is 32.4 Å². The molecule has 25 heavy (non-hydrogen) atoms. The van der Waals surface area contributed by atoms with Crippen molar-refractivity contribution in [2.24, 2.45) is 0 Å². The molecule has 1 amide bonds. The first-order chi connectivity index (χ1) is 12.0. The van der Waals surface area contributed by atoms with Gasteiger partial charge in [0.1, 0.15) is 11.3 Å². The number of rotatable bonds is 4. The minimum atomic E-state index is -0.625. The Morgan fingerprint density at radius 3 is 2.64 bits per heavy atom. The van der Waals surface area contributed by atoms with Crippen molar-refractivity contribution in [2.75, 3.05) is 11.9 Å². The molecule has 0 saturated carbocycles. The first-order valence-corrected chi connectivity index (χ1v) is 8.20. The van der Waals surface area contributed by atoms with Gasteiger partial charge in [0.25, 0.3) is 5.91 Å². The summed E-state index contributed by atoms with van der Waals surface area (Å²) in [6, 6.07) is 10.8. The molecule has 1 N–H and O–H groups in total. The Morgan fingerprint density at radius 2 is 1.92 bits per heavy atom. The lowest BCUT2D eigenvalue weighted by atomic mass is 10.1. The van der Waals surface area contributed by atoms with Crippen LogP contribution in [-0.2, 0) is 0 Å². The third kappa shape index (κ3) is 3.78. The number of fused-ring (bicyclic) bond motifs is 1. The lowest BCUT2D eigenvalue weighted by molar-refractivity contribution is 0.102. The van der Waals surface area contributed by atoms with Crippen LogP contribution in [0.5, 0.6) is 5.75 Å². The summed E-state index contributed by atoms with van der Waals surface area (Å²) in [4.78, 5) is 24.4. The van der Waals surface area contributed by atoms with Crippen molar-refractivity contribution in [3.8, 4) is 5.75 Å². The first kappa shape index (κ1) is 17.3. The van der Waals surface area contributed by atoms with Gasteiger partial charge < -0.3 is 14.5 Å². The van der Waals surface area contributed by atoms with Crippen LogP contribution in [-0.4, -0.2) is 12.5 Å². The zero-order chi connectivity index (χ0) is 18.0. The molecule has 0 atom stereocenters.